The van der Waals surface area contributed by atoms with Crippen molar-refractivity contribution in [1.29, 1.82) is 0 Å². The Morgan fingerprint density at radius 3 is 2.75 bits per heavy atom. The average Bonchev–Trinajstić information content (AvgIpc) is 2.65. The SMILES string of the molecule is CCCN(Cc1occc1CNC)C(C)C. The van der Waals surface area contributed by atoms with E-state index >= 15 is 0 Å². The molecule has 1 N–H and O–H groups in total. The van der Waals surface area contributed by atoms with Crippen LogP contribution in [0.1, 0.15) is 38.5 Å². The summed E-state index contributed by atoms with van der Waals surface area (Å²) in [4.78, 5) is 2.44. The molecule has 16 heavy (non-hydrogen) atoms. The molecular formula is C13H24N2O. The highest BCUT2D eigenvalue weighted by molar-refractivity contribution is 5.16. The minimum Gasteiger partial charge on any atom is -0.468 e. The fraction of sp³-hybridized carbons (Fsp3) is 0.692. The first-order valence-electron chi connectivity index (χ1n) is 6.12. The summed E-state index contributed by atoms with van der Waals surface area (Å²) in [6, 6.07) is 2.61. The maximum Gasteiger partial charge on any atom is 0.122 e. The van der Waals surface area contributed by atoms with E-state index in [-0.39, 0.29) is 0 Å². The van der Waals surface area contributed by atoms with Crippen LogP contribution in [0, 0.1) is 0 Å². The molecule has 0 radical (unpaired) electrons. The molecule has 0 atom stereocenters. The molecule has 0 fully saturated rings. The lowest BCUT2D eigenvalue weighted by Gasteiger charge is -2.25. The van der Waals surface area contributed by atoms with Crippen LogP contribution in [0.25, 0.3) is 0 Å². The molecule has 0 amide bonds. The Labute approximate surface area is 98.8 Å². The molecule has 0 spiro atoms. The molecular weight excluding hydrogens is 200 g/mol. The summed E-state index contributed by atoms with van der Waals surface area (Å²) in [7, 11) is 1.96. The van der Waals surface area contributed by atoms with Crippen molar-refractivity contribution in [3.05, 3.63) is 23.7 Å². The molecule has 0 bridgehead atoms. The zero-order valence-electron chi connectivity index (χ0n) is 10.9. The molecule has 0 aliphatic carbocycles. The van der Waals surface area contributed by atoms with Crippen molar-refractivity contribution in [2.75, 3.05) is 13.6 Å². The van der Waals surface area contributed by atoms with Crippen LogP contribution in [-0.4, -0.2) is 24.5 Å². The Morgan fingerprint density at radius 2 is 2.19 bits per heavy atom. The van der Waals surface area contributed by atoms with Crippen LogP contribution < -0.4 is 5.32 Å². The van der Waals surface area contributed by atoms with Crippen LogP contribution >= 0.6 is 0 Å². The summed E-state index contributed by atoms with van der Waals surface area (Å²) >= 11 is 0. The molecule has 0 aliphatic heterocycles. The molecule has 1 heterocycles. The Morgan fingerprint density at radius 1 is 1.44 bits per heavy atom. The summed E-state index contributed by atoms with van der Waals surface area (Å²) in [6.07, 6.45) is 2.96. The van der Waals surface area contributed by atoms with Crippen LogP contribution in [0.15, 0.2) is 16.7 Å². The van der Waals surface area contributed by atoms with Crippen LogP contribution in [0.5, 0.6) is 0 Å². The van der Waals surface area contributed by atoms with Gasteiger partial charge in [0, 0.05) is 18.2 Å². The third-order valence-electron chi connectivity index (χ3n) is 2.79. The van der Waals surface area contributed by atoms with Crippen LogP contribution in [-0.2, 0) is 13.1 Å². The van der Waals surface area contributed by atoms with E-state index in [9.17, 15) is 0 Å². The Hall–Kier alpha value is -0.800. The molecule has 0 aliphatic rings. The summed E-state index contributed by atoms with van der Waals surface area (Å²) in [5, 5.41) is 3.17. The van der Waals surface area contributed by atoms with E-state index in [2.05, 4.69) is 37.1 Å². The normalized spacial score (nSPS) is 11.6. The summed E-state index contributed by atoms with van der Waals surface area (Å²) < 4.78 is 5.56. The highest BCUT2D eigenvalue weighted by atomic mass is 16.3. The van der Waals surface area contributed by atoms with Gasteiger partial charge in [0.25, 0.3) is 0 Å². The Bertz CT molecular complexity index is 294. The minimum atomic E-state index is 0.562. The van der Waals surface area contributed by atoms with Gasteiger partial charge in [0.2, 0.25) is 0 Å². The largest absolute Gasteiger partial charge is 0.468 e. The van der Waals surface area contributed by atoms with Gasteiger partial charge >= 0.3 is 0 Å². The first-order chi connectivity index (χ1) is 7.69. The van der Waals surface area contributed by atoms with Crippen molar-refractivity contribution in [1.82, 2.24) is 10.2 Å². The highest BCUT2D eigenvalue weighted by Crippen LogP contribution is 2.15. The standard InChI is InChI=1S/C13H24N2O/c1-5-7-15(11(2)3)10-13-12(9-14-4)6-8-16-13/h6,8,11,14H,5,7,9-10H2,1-4H3. The zero-order valence-corrected chi connectivity index (χ0v) is 10.9. The topological polar surface area (TPSA) is 28.4 Å². The van der Waals surface area contributed by atoms with Gasteiger partial charge in [-0.05, 0) is 39.9 Å². The van der Waals surface area contributed by atoms with Gasteiger partial charge in [0.05, 0.1) is 12.8 Å². The van der Waals surface area contributed by atoms with Gasteiger partial charge in [-0.3, -0.25) is 4.90 Å². The molecule has 92 valence electrons. The number of furan rings is 1. The minimum absolute atomic E-state index is 0.562. The fourth-order valence-corrected chi connectivity index (χ4v) is 1.85. The van der Waals surface area contributed by atoms with Crippen molar-refractivity contribution in [2.24, 2.45) is 0 Å². The lowest BCUT2D eigenvalue weighted by molar-refractivity contribution is 0.196. The molecule has 1 aromatic rings. The van der Waals surface area contributed by atoms with Crippen molar-refractivity contribution in [3.63, 3.8) is 0 Å². The lowest BCUT2D eigenvalue weighted by atomic mass is 10.2. The van der Waals surface area contributed by atoms with Gasteiger partial charge in [-0.2, -0.15) is 0 Å². The third-order valence-corrected chi connectivity index (χ3v) is 2.79. The van der Waals surface area contributed by atoms with Gasteiger partial charge in [-0.1, -0.05) is 6.92 Å². The van der Waals surface area contributed by atoms with E-state index < -0.39 is 0 Å². The number of hydrogen-bond donors (Lipinski definition) is 1. The maximum atomic E-state index is 5.56. The van der Waals surface area contributed by atoms with Crippen molar-refractivity contribution >= 4 is 0 Å². The van der Waals surface area contributed by atoms with Gasteiger partial charge < -0.3 is 9.73 Å². The van der Waals surface area contributed by atoms with Crippen LogP contribution in [0.2, 0.25) is 0 Å². The second kappa shape index (κ2) is 6.71. The number of hydrogen-bond acceptors (Lipinski definition) is 3. The summed E-state index contributed by atoms with van der Waals surface area (Å²) in [5.41, 5.74) is 1.27. The Balaban J connectivity index is 2.65. The van der Waals surface area contributed by atoms with Gasteiger partial charge in [-0.25, -0.2) is 0 Å². The number of rotatable bonds is 7. The van der Waals surface area contributed by atoms with E-state index in [0.29, 0.717) is 6.04 Å². The fourth-order valence-electron chi connectivity index (χ4n) is 1.85. The van der Waals surface area contributed by atoms with Crippen molar-refractivity contribution in [3.8, 4) is 0 Å². The molecule has 3 nitrogen and oxygen atoms in total. The molecule has 0 aromatic carbocycles. The van der Waals surface area contributed by atoms with Crippen LogP contribution in [0.4, 0.5) is 0 Å². The van der Waals surface area contributed by atoms with E-state index in [0.717, 1.165) is 25.4 Å². The second-order valence-corrected chi connectivity index (χ2v) is 4.46. The molecule has 3 heteroatoms. The molecule has 1 aromatic heterocycles. The van der Waals surface area contributed by atoms with E-state index in [1.807, 2.05) is 7.05 Å². The monoisotopic (exact) mass is 224 g/mol. The second-order valence-electron chi connectivity index (χ2n) is 4.46. The molecule has 0 unspecified atom stereocenters. The van der Waals surface area contributed by atoms with Crippen LogP contribution in [0.3, 0.4) is 0 Å². The number of nitrogens with zero attached hydrogens (tertiary/aromatic N) is 1. The van der Waals surface area contributed by atoms with Gasteiger partial charge in [0.1, 0.15) is 5.76 Å². The smallest absolute Gasteiger partial charge is 0.122 e. The molecule has 0 saturated carbocycles. The Kier molecular flexibility index (Phi) is 5.56. The number of nitrogens with one attached hydrogen (secondary N) is 1. The molecule has 1 rings (SSSR count). The van der Waals surface area contributed by atoms with Crippen molar-refractivity contribution in [2.45, 2.75) is 46.3 Å². The summed E-state index contributed by atoms with van der Waals surface area (Å²) in [6.45, 7) is 9.59. The van der Waals surface area contributed by atoms with E-state index in [1.54, 1.807) is 6.26 Å². The zero-order chi connectivity index (χ0) is 12.0. The predicted molar refractivity (Wildman–Crippen MR) is 67.3 cm³/mol. The first-order valence-corrected chi connectivity index (χ1v) is 6.12. The molecule has 0 saturated heterocycles. The summed E-state index contributed by atoms with van der Waals surface area (Å²) in [5.74, 6) is 1.09. The van der Waals surface area contributed by atoms with Gasteiger partial charge in [-0.15, -0.1) is 0 Å². The predicted octanol–water partition coefficient (Wildman–Crippen LogP) is 2.62. The van der Waals surface area contributed by atoms with E-state index in [1.165, 1.54) is 12.0 Å². The highest BCUT2D eigenvalue weighted by Gasteiger charge is 2.13. The average molecular weight is 224 g/mol. The first kappa shape index (κ1) is 13.3. The quantitative estimate of drug-likeness (QED) is 0.771. The maximum absolute atomic E-state index is 5.56. The lowest BCUT2D eigenvalue weighted by Crippen LogP contribution is -2.31. The van der Waals surface area contributed by atoms with Crippen molar-refractivity contribution < 1.29 is 4.42 Å². The van der Waals surface area contributed by atoms with Gasteiger partial charge in [0.15, 0.2) is 0 Å². The third kappa shape index (κ3) is 3.65. The van der Waals surface area contributed by atoms with E-state index in [4.69, 9.17) is 4.42 Å².